The third-order valence-corrected chi connectivity index (χ3v) is 6.70. The van der Waals surface area contributed by atoms with E-state index in [9.17, 15) is 29.7 Å². The first-order valence-electron chi connectivity index (χ1n) is 12.4. The monoisotopic (exact) mass is 556 g/mol. The van der Waals surface area contributed by atoms with E-state index in [1.54, 1.807) is 66.7 Å². The summed E-state index contributed by atoms with van der Waals surface area (Å²) in [6, 6.07) is 19.5. The fraction of sp³-hybridized carbons (Fsp3) is 0.129. The van der Waals surface area contributed by atoms with E-state index in [1.807, 2.05) is 0 Å². The van der Waals surface area contributed by atoms with Crippen molar-refractivity contribution in [1.82, 2.24) is 0 Å². The summed E-state index contributed by atoms with van der Waals surface area (Å²) in [6.07, 6.45) is -0.378. The van der Waals surface area contributed by atoms with E-state index < -0.39 is 40.5 Å². The summed E-state index contributed by atoms with van der Waals surface area (Å²) in [5, 5.41) is 31.9. The zero-order valence-corrected chi connectivity index (χ0v) is 21.9. The average molecular weight is 557 g/mol. The Morgan fingerprint density at radius 1 is 0.780 bits per heavy atom. The second kappa shape index (κ2) is 10.9. The molecular weight excluding hydrogens is 532 g/mol. The summed E-state index contributed by atoms with van der Waals surface area (Å²) in [4.78, 5) is 37.5. The predicted octanol–water partition coefficient (Wildman–Crippen LogP) is 5.32. The van der Waals surface area contributed by atoms with Gasteiger partial charge in [-0.05, 0) is 24.3 Å². The molecule has 0 saturated heterocycles. The average Bonchev–Trinajstić information content (AvgIpc) is 3.49. The van der Waals surface area contributed by atoms with Gasteiger partial charge in [-0.1, -0.05) is 42.5 Å². The first kappa shape index (κ1) is 27.1. The highest BCUT2D eigenvalue weighted by Gasteiger charge is 2.33. The number of fused-ring (bicyclic) bond motifs is 1. The van der Waals surface area contributed by atoms with Gasteiger partial charge in [-0.15, -0.1) is 0 Å². The van der Waals surface area contributed by atoms with Crippen LogP contribution in [-0.2, 0) is 14.3 Å². The van der Waals surface area contributed by atoms with E-state index >= 15 is 0 Å². The van der Waals surface area contributed by atoms with Gasteiger partial charge < -0.3 is 33.6 Å². The van der Waals surface area contributed by atoms with Crippen molar-refractivity contribution in [2.75, 3.05) is 14.2 Å². The molecule has 0 saturated carbocycles. The Labute approximate surface area is 232 Å². The topological polar surface area (TPSA) is 157 Å². The zero-order chi connectivity index (χ0) is 29.3. The number of carbonyl (C=O) groups excluding carboxylic acids is 2. The summed E-state index contributed by atoms with van der Waals surface area (Å²) in [5.41, 5.74) is 0.413. The number of methoxy groups -OCH3 is 2. The summed E-state index contributed by atoms with van der Waals surface area (Å²) in [6.45, 7) is 0. The Hall–Kier alpha value is -5.51. The van der Waals surface area contributed by atoms with Crippen molar-refractivity contribution in [3.63, 3.8) is 0 Å². The van der Waals surface area contributed by atoms with Crippen LogP contribution in [0.5, 0.6) is 17.2 Å². The van der Waals surface area contributed by atoms with Crippen LogP contribution in [-0.4, -0.2) is 41.5 Å². The maximum absolute atomic E-state index is 13.2. The molecule has 10 heteroatoms. The van der Waals surface area contributed by atoms with Crippen molar-refractivity contribution in [3.05, 3.63) is 99.9 Å². The van der Waals surface area contributed by atoms with Crippen LogP contribution in [0.15, 0.2) is 86.4 Å². The molecule has 0 aliphatic heterocycles. The third-order valence-electron chi connectivity index (χ3n) is 6.70. The summed E-state index contributed by atoms with van der Waals surface area (Å²) in [5.74, 6) is -4.24. The molecule has 0 aliphatic rings. The van der Waals surface area contributed by atoms with Gasteiger partial charge >= 0.3 is 11.9 Å². The SMILES string of the molecule is COC(=O)C[C@@H](c1ccc(-c2ccc(C(=O)OC)cc2)o1)c1c(O)c(O)c(O)c2c(=O)cc(-c3ccccc3)oc12. The lowest BCUT2D eigenvalue weighted by molar-refractivity contribution is -0.140. The number of rotatable bonds is 7. The van der Waals surface area contributed by atoms with Crippen molar-refractivity contribution in [2.45, 2.75) is 12.3 Å². The molecule has 1 atom stereocenters. The molecular formula is C31H24O10. The number of carbonyl (C=O) groups is 2. The number of benzene rings is 3. The molecule has 208 valence electrons. The smallest absolute Gasteiger partial charge is 0.337 e. The fourth-order valence-corrected chi connectivity index (χ4v) is 4.62. The molecule has 41 heavy (non-hydrogen) atoms. The summed E-state index contributed by atoms with van der Waals surface area (Å²) >= 11 is 0. The second-order valence-electron chi connectivity index (χ2n) is 9.11. The van der Waals surface area contributed by atoms with E-state index in [-0.39, 0.29) is 34.5 Å². The van der Waals surface area contributed by atoms with Gasteiger partial charge in [0.05, 0.1) is 37.7 Å². The van der Waals surface area contributed by atoms with E-state index in [0.717, 1.165) is 6.07 Å². The molecule has 0 fully saturated rings. The van der Waals surface area contributed by atoms with Crippen LogP contribution >= 0.6 is 0 Å². The minimum Gasteiger partial charge on any atom is -0.504 e. The number of phenols is 3. The quantitative estimate of drug-likeness (QED) is 0.177. The number of aromatic hydroxyl groups is 3. The Morgan fingerprint density at radius 3 is 2.12 bits per heavy atom. The van der Waals surface area contributed by atoms with Crippen molar-refractivity contribution in [1.29, 1.82) is 0 Å². The van der Waals surface area contributed by atoms with Gasteiger partial charge in [-0.25, -0.2) is 4.79 Å². The molecule has 5 rings (SSSR count). The third kappa shape index (κ3) is 4.98. The number of phenolic OH excluding ortho intramolecular Hbond substituents is 3. The first-order valence-corrected chi connectivity index (χ1v) is 12.4. The Bertz CT molecular complexity index is 1810. The number of furan rings is 1. The summed E-state index contributed by atoms with van der Waals surface area (Å²) < 4.78 is 21.7. The molecule has 3 aromatic carbocycles. The van der Waals surface area contributed by atoms with Crippen LogP contribution in [0.2, 0.25) is 0 Å². The van der Waals surface area contributed by atoms with E-state index in [1.165, 1.54) is 14.2 Å². The van der Waals surface area contributed by atoms with Gasteiger partial charge in [-0.2, -0.15) is 0 Å². The zero-order valence-electron chi connectivity index (χ0n) is 21.9. The van der Waals surface area contributed by atoms with Crippen molar-refractivity contribution in [2.24, 2.45) is 0 Å². The molecule has 0 unspecified atom stereocenters. The van der Waals surface area contributed by atoms with Gasteiger partial charge in [0.15, 0.2) is 16.9 Å². The number of hydrogen-bond donors (Lipinski definition) is 3. The van der Waals surface area contributed by atoms with Crippen LogP contribution < -0.4 is 5.43 Å². The molecule has 0 radical (unpaired) electrons. The Kier molecular flexibility index (Phi) is 7.22. The Morgan fingerprint density at radius 2 is 1.46 bits per heavy atom. The van der Waals surface area contributed by atoms with Crippen LogP contribution in [0.3, 0.4) is 0 Å². The maximum Gasteiger partial charge on any atom is 0.337 e. The predicted molar refractivity (Wildman–Crippen MR) is 147 cm³/mol. The molecule has 2 aromatic heterocycles. The first-order chi connectivity index (χ1) is 19.7. The largest absolute Gasteiger partial charge is 0.504 e. The van der Waals surface area contributed by atoms with Crippen molar-refractivity contribution >= 4 is 22.9 Å². The second-order valence-corrected chi connectivity index (χ2v) is 9.11. The van der Waals surface area contributed by atoms with Crippen LogP contribution in [0.1, 0.15) is 34.0 Å². The fourth-order valence-electron chi connectivity index (χ4n) is 4.62. The molecule has 10 nitrogen and oxygen atoms in total. The molecule has 2 heterocycles. The van der Waals surface area contributed by atoms with Gasteiger partial charge in [0.1, 0.15) is 28.2 Å². The molecule has 3 N–H and O–H groups in total. The van der Waals surface area contributed by atoms with Gasteiger partial charge in [-0.3, -0.25) is 9.59 Å². The molecule has 0 aliphatic carbocycles. The highest BCUT2D eigenvalue weighted by molar-refractivity contribution is 5.94. The van der Waals surface area contributed by atoms with Crippen LogP contribution in [0.25, 0.3) is 33.6 Å². The van der Waals surface area contributed by atoms with Gasteiger partial charge in [0.25, 0.3) is 0 Å². The molecule has 5 aromatic rings. The molecule has 0 amide bonds. The number of esters is 2. The van der Waals surface area contributed by atoms with Gasteiger partial charge in [0, 0.05) is 17.2 Å². The minimum absolute atomic E-state index is 0.136. The lowest BCUT2D eigenvalue weighted by atomic mass is 9.90. The van der Waals surface area contributed by atoms with Crippen LogP contribution in [0.4, 0.5) is 0 Å². The Balaban J connectivity index is 1.71. The van der Waals surface area contributed by atoms with Gasteiger partial charge in [0.2, 0.25) is 5.75 Å². The maximum atomic E-state index is 13.2. The van der Waals surface area contributed by atoms with E-state index in [2.05, 4.69) is 0 Å². The molecule has 0 bridgehead atoms. The minimum atomic E-state index is -1.12. The lowest BCUT2D eigenvalue weighted by Crippen LogP contribution is -2.12. The highest BCUT2D eigenvalue weighted by Crippen LogP contribution is 2.49. The van der Waals surface area contributed by atoms with E-state index in [0.29, 0.717) is 22.5 Å². The molecule has 0 spiro atoms. The van der Waals surface area contributed by atoms with Crippen molar-refractivity contribution in [3.8, 4) is 39.9 Å². The number of ether oxygens (including phenoxy) is 2. The standard InChI is InChI=1S/C31H24O10/c1-38-24(33)14-19(22-13-12-21(40-22)17-8-10-18(11-9-17)31(37)39-2)25-27(34)29(36)28(35)26-20(32)15-23(41-30(25)26)16-6-4-3-5-7-16/h3-13,15,19,34-36H,14H2,1-2H3/t19-/m0/s1. The van der Waals surface area contributed by atoms with Crippen molar-refractivity contribution < 1.29 is 43.2 Å². The highest BCUT2D eigenvalue weighted by atomic mass is 16.5. The lowest BCUT2D eigenvalue weighted by Gasteiger charge is -2.19. The summed E-state index contributed by atoms with van der Waals surface area (Å²) in [7, 11) is 2.47. The number of hydrogen-bond acceptors (Lipinski definition) is 10. The normalized spacial score (nSPS) is 11.8. The van der Waals surface area contributed by atoms with E-state index in [4.69, 9.17) is 18.3 Å². The van der Waals surface area contributed by atoms with Crippen LogP contribution in [0, 0.1) is 0 Å².